The van der Waals surface area contributed by atoms with Gasteiger partial charge < -0.3 is 5.32 Å². The number of fused-ring (bicyclic) bond motifs is 1. The van der Waals surface area contributed by atoms with Crippen LogP contribution >= 0.6 is 0 Å². The highest BCUT2D eigenvalue weighted by molar-refractivity contribution is 5.82. The van der Waals surface area contributed by atoms with Crippen LogP contribution in [-0.4, -0.2) is 29.9 Å². The first-order chi connectivity index (χ1) is 11.7. The molecular weight excluding hydrogens is 296 g/mol. The van der Waals surface area contributed by atoms with E-state index in [9.17, 15) is 4.79 Å². The normalized spacial score (nSPS) is 22.2. The van der Waals surface area contributed by atoms with E-state index < -0.39 is 0 Å². The van der Waals surface area contributed by atoms with E-state index in [1.807, 2.05) is 0 Å². The summed E-state index contributed by atoms with van der Waals surface area (Å²) in [6, 6.07) is 6.68. The Morgan fingerprint density at radius 2 is 2.08 bits per heavy atom. The van der Waals surface area contributed by atoms with E-state index in [-0.39, 0.29) is 18.0 Å². The molecule has 128 valence electrons. The predicted octanol–water partition coefficient (Wildman–Crippen LogP) is 3.23. The first kappa shape index (κ1) is 17.0. The van der Waals surface area contributed by atoms with Gasteiger partial charge in [-0.25, -0.2) is 0 Å². The van der Waals surface area contributed by atoms with Crippen LogP contribution in [0.2, 0.25) is 0 Å². The molecule has 0 radical (unpaired) electrons. The summed E-state index contributed by atoms with van der Waals surface area (Å²) in [7, 11) is 0. The average molecular weight is 324 g/mol. The molecule has 1 saturated heterocycles. The van der Waals surface area contributed by atoms with Gasteiger partial charge in [0.25, 0.3) is 0 Å². The second kappa shape index (κ2) is 7.85. The maximum Gasteiger partial charge on any atom is 0.237 e. The molecule has 2 unspecified atom stereocenters. The molecule has 3 heteroatoms. The van der Waals surface area contributed by atoms with Crippen LogP contribution in [0.15, 0.2) is 18.2 Å². The number of benzene rings is 1. The molecular formula is C21H28N2O. The lowest BCUT2D eigenvalue weighted by molar-refractivity contribution is -0.128. The van der Waals surface area contributed by atoms with Gasteiger partial charge in [-0.1, -0.05) is 30.5 Å². The molecule has 0 bridgehead atoms. The molecule has 1 aromatic rings. The Kier molecular flexibility index (Phi) is 5.58. The molecule has 1 heterocycles. The van der Waals surface area contributed by atoms with Gasteiger partial charge in [0.05, 0.1) is 18.6 Å². The molecule has 2 atom stereocenters. The number of carbonyl (C=O) groups excluding carboxylic acids is 1. The third-order valence-electron chi connectivity index (χ3n) is 5.44. The number of nitrogens with zero attached hydrogens (tertiary/aromatic N) is 1. The highest BCUT2D eigenvalue weighted by Gasteiger charge is 2.29. The molecule has 1 N–H and O–H groups in total. The van der Waals surface area contributed by atoms with Gasteiger partial charge in [0.2, 0.25) is 5.91 Å². The molecule has 1 aromatic carbocycles. The summed E-state index contributed by atoms with van der Waals surface area (Å²) in [6.45, 7) is 3.57. The number of hydrogen-bond donors (Lipinski definition) is 1. The van der Waals surface area contributed by atoms with E-state index in [4.69, 9.17) is 6.42 Å². The molecule has 0 saturated carbocycles. The standard InChI is InChI=1S/C21H28N2O/c1-3-13-23-14-7-6-10-20(23)21(24)22-16(2)18-12-11-17-8-4-5-9-19(17)15-18/h1,11-12,15-16,20H,4-10,13-14H2,2H3,(H,22,24). The van der Waals surface area contributed by atoms with Crippen molar-refractivity contribution in [3.05, 3.63) is 34.9 Å². The van der Waals surface area contributed by atoms with Crippen LogP contribution in [0.4, 0.5) is 0 Å². The van der Waals surface area contributed by atoms with E-state index in [1.165, 1.54) is 42.4 Å². The minimum Gasteiger partial charge on any atom is -0.348 e. The maximum atomic E-state index is 12.7. The Balaban J connectivity index is 1.66. The molecule has 3 nitrogen and oxygen atoms in total. The van der Waals surface area contributed by atoms with E-state index >= 15 is 0 Å². The van der Waals surface area contributed by atoms with Crippen LogP contribution in [0.25, 0.3) is 0 Å². The first-order valence-corrected chi connectivity index (χ1v) is 9.28. The number of aryl methyl sites for hydroxylation is 2. The lowest BCUT2D eigenvalue weighted by atomic mass is 9.89. The average Bonchev–Trinajstić information content (AvgIpc) is 2.62. The van der Waals surface area contributed by atoms with Crippen molar-refractivity contribution in [1.29, 1.82) is 0 Å². The SMILES string of the molecule is C#CCN1CCCCC1C(=O)NC(C)c1ccc2c(c1)CCCC2. The van der Waals surface area contributed by atoms with Gasteiger partial charge in [-0.15, -0.1) is 6.42 Å². The second-order valence-corrected chi connectivity index (χ2v) is 7.15. The van der Waals surface area contributed by atoms with Crippen molar-refractivity contribution in [1.82, 2.24) is 10.2 Å². The first-order valence-electron chi connectivity index (χ1n) is 9.28. The second-order valence-electron chi connectivity index (χ2n) is 7.15. The quantitative estimate of drug-likeness (QED) is 0.863. The van der Waals surface area contributed by atoms with Crippen molar-refractivity contribution in [3.8, 4) is 12.3 Å². The number of terminal acetylenes is 1. The number of piperidine rings is 1. The Morgan fingerprint density at radius 1 is 1.29 bits per heavy atom. The highest BCUT2D eigenvalue weighted by atomic mass is 16.2. The van der Waals surface area contributed by atoms with Crippen molar-refractivity contribution in [2.24, 2.45) is 0 Å². The Hall–Kier alpha value is -1.79. The number of amides is 1. The van der Waals surface area contributed by atoms with Crippen molar-refractivity contribution in [2.75, 3.05) is 13.1 Å². The third kappa shape index (κ3) is 3.82. The molecule has 3 rings (SSSR count). The van der Waals surface area contributed by atoms with Crippen molar-refractivity contribution < 1.29 is 4.79 Å². The summed E-state index contributed by atoms with van der Waals surface area (Å²) < 4.78 is 0. The minimum absolute atomic E-state index is 0.0411. The summed E-state index contributed by atoms with van der Waals surface area (Å²) in [6.07, 6.45) is 13.5. The highest BCUT2D eigenvalue weighted by Crippen LogP contribution is 2.25. The molecule has 1 aliphatic heterocycles. The number of rotatable bonds is 4. The molecule has 1 amide bonds. The van der Waals surface area contributed by atoms with Gasteiger partial charge in [-0.3, -0.25) is 9.69 Å². The van der Waals surface area contributed by atoms with Crippen LogP contribution in [0.3, 0.4) is 0 Å². The predicted molar refractivity (Wildman–Crippen MR) is 97.7 cm³/mol. The zero-order chi connectivity index (χ0) is 16.9. The number of carbonyl (C=O) groups is 1. The maximum absolute atomic E-state index is 12.7. The van der Waals surface area contributed by atoms with Crippen LogP contribution in [0.1, 0.15) is 61.8 Å². The fourth-order valence-electron chi connectivity index (χ4n) is 4.01. The zero-order valence-corrected chi connectivity index (χ0v) is 14.7. The number of likely N-dealkylation sites (tertiary alicyclic amines) is 1. The summed E-state index contributed by atoms with van der Waals surface area (Å²) in [5.41, 5.74) is 4.16. The fourth-order valence-corrected chi connectivity index (χ4v) is 4.01. The van der Waals surface area contributed by atoms with Crippen molar-refractivity contribution in [2.45, 2.75) is 64.0 Å². The summed E-state index contributed by atoms with van der Waals surface area (Å²) >= 11 is 0. The summed E-state index contributed by atoms with van der Waals surface area (Å²) in [5, 5.41) is 3.21. The van der Waals surface area contributed by atoms with Crippen LogP contribution in [0, 0.1) is 12.3 Å². The largest absolute Gasteiger partial charge is 0.348 e. The van der Waals surface area contributed by atoms with E-state index in [1.54, 1.807) is 0 Å². The monoisotopic (exact) mass is 324 g/mol. The third-order valence-corrected chi connectivity index (χ3v) is 5.44. The van der Waals surface area contributed by atoms with Gasteiger partial charge in [-0.2, -0.15) is 0 Å². The van der Waals surface area contributed by atoms with E-state index in [0.29, 0.717) is 6.54 Å². The number of hydrogen-bond acceptors (Lipinski definition) is 2. The molecule has 1 fully saturated rings. The van der Waals surface area contributed by atoms with E-state index in [0.717, 1.165) is 25.8 Å². The van der Waals surface area contributed by atoms with Gasteiger partial charge in [-0.05, 0) is 68.7 Å². The molecule has 0 aromatic heterocycles. The Labute approximate surface area is 145 Å². The summed E-state index contributed by atoms with van der Waals surface area (Å²) in [5.74, 6) is 2.81. The topological polar surface area (TPSA) is 32.3 Å². The van der Waals surface area contributed by atoms with Crippen LogP contribution < -0.4 is 5.32 Å². The lowest BCUT2D eigenvalue weighted by Gasteiger charge is -2.34. The van der Waals surface area contributed by atoms with Gasteiger partial charge in [0.1, 0.15) is 0 Å². The fraction of sp³-hybridized carbons (Fsp3) is 0.571. The lowest BCUT2D eigenvalue weighted by Crippen LogP contribution is -2.50. The van der Waals surface area contributed by atoms with Gasteiger partial charge >= 0.3 is 0 Å². The molecule has 0 spiro atoms. The number of nitrogens with one attached hydrogen (secondary N) is 1. The Bertz CT molecular complexity index is 631. The van der Waals surface area contributed by atoms with Gasteiger partial charge in [0, 0.05) is 0 Å². The van der Waals surface area contributed by atoms with Crippen LogP contribution in [0.5, 0.6) is 0 Å². The Morgan fingerprint density at radius 3 is 2.88 bits per heavy atom. The molecule has 2 aliphatic rings. The molecule has 24 heavy (non-hydrogen) atoms. The minimum atomic E-state index is -0.0742. The van der Waals surface area contributed by atoms with Crippen molar-refractivity contribution >= 4 is 5.91 Å². The van der Waals surface area contributed by atoms with Gasteiger partial charge in [0.15, 0.2) is 0 Å². The summed E-state index contributed by atoms with van der Waals surface area (Å²) in [4.78, 5) is 14.9. The van der Waals surface area contributed by atoms with Crippen molar-refractivity contribution in [3.63, 3.8) is 0 Å². The molecule has 1 aliphatic carbocycles. The zero-order valence-electron chi connectivity index (χ0n) is 14.7. The van der Waals surface area contributed by atoms with E-state index in [2.05, 4.69) is 41.3 Å². The van der Waals surface area contributed by atoms with Crippen LogP contribution in [-0.2, 0) is 17.6 Å². The smallest absolute Gasteiger partial charge is 0.237 e.